The van der Waals surface area contributed by atoms with E-state index in [0.29, 0.717) is 0 Å². The van der Waals surface area contributed by atoms with E-state index in [1.54, 1.807) is 0 Å². The summed E-state index contributed by atoms with van der Waals surface area (Å²) in [5.41, 5.74) is -0.607. The predicted molar refractivity (Wildman–Crippen MR) is 40.7 cm³/mol. The number of halogens is 4. The van der Waals surface area contributed by atoms with E-state index in [4.69, 9.17) is 11.6 Å². The van der Waals surface area contributed by atoms with Gasteiger partial charge in [-0.1, -0.05) is 11.6 Å². The van der Waals surface area contributed by atoms with Crippen LogP contribution in [-0.4, -0.2) is 12.1 Å². The molecular weight excluding hydrogens is 207 g/mol. The fourth-order valence-electron chi connectivity index (χ4n) is 0.825. The van der Waals surface area contributed by atoms with Crippen LogP contribution >= 0.6 is 11.6 Å². The molecule has 0 aliphatic rings. The van der Waals surface area contributed by atoms with Crippen LogP contribution in [0.25, 0.3) is 0 Å². The third-order valence-electron chi connectivity index (χ3n) is 1.40. The third-order valence-corrected chi connectivity index (χ3v) is 1.66. The number of nitrogens with zero attached hydrogens (tertiary/aromatic N) is 1. The molecule has 0 spiro atoms. The Balaban J connectivity index is 3.30. The Bertz CT molecular complexity index is 319. The molecule has 0 bridgehead atoms. The maximum absolute atomic E-state index is 13.0. The van der Waals surface area contributed by atoms with Crippen LogP contribution < -0.4 is 4.74 Å². The molecule has 0 amide bonds. The molecule has 1 rings (SSSR count). The lowest BCUT2D eigenvalue weighted by molar-refractivity contribution is 0.145. The average Bonchev–Trinajstić information content (AvgIpc) is 2.09. The van der Waals surface area contributed by atoms with Gasteiger partial charge in [0.15, 0.2) is 10.9 Å². The minimum Gasteiger partial charge on any atom is -0.493 e. The molecule has 72 valence electrons. The van der Waals surface area contributed by atoms with Gasteiger partial charge in [-0.25, -0.2) is 13.8 Å². The van der Waals surface area contributed by atoms with Crippen molar-refractivity contribution in [2.45, 2.75) is 6.43 Å². The molecule has 0 unspecified atom stereocenters. The van der Waals surface area contributed by atoms with Gasteiger partial charge in [-0.3, -0.25) is 0 Å². The summed E-state index contributed by atoms with van der Waals surface area (Å²) in [4.78, 5) is 3.24. The van der Waals surface area contributed by atoms with Crippen LogP contribution in [0.3, 0.4) is 0 Å². The van der Waals surface area contributed by atoms with E-state index in [-0.39, 0.29) is 0 Å². The Morgan fingerprint density at radius 1 is 1.54 bits per heavy atom. The van der Waals surface area contributed by atoms with Gasteiger partial charge in [0, 0.05) is 6.20 Å². The Morgan fingerprint density at radius 3 is 2.62 bits per heavy atom. The van der Waals surface area contributed by atoms with E-state index in [1.807, 2.05) is 0 Å². The van der Waals surface area contributed by atoms with Crippen LogP contribution in [0, 0.1) is 5.82 Å². The molecule has 0 saturated heterocycles. The molecule has 13 heavy (non-hydrogen) atoms. The molecule has 0 aromatic carbocycles. The van der Waals surface area contributed by atoms with Crippen molar-refractivity contribution in [3.63, 3.8) is 0 Å². The van der Waals surface area contributed by atoms with Crippen molar-refractivity contribution in [1.82, 2.24) is 4.98 Å². The van der Waals surface area contributed by atoms with Crippen LogP contribution in [-0.2, 0) is 0 Å². The summed E-state index contributed by atoms with van der Waals surface area (Å²) in [7, 11) is 1.08. The first-order valence-electron chi connectivity index (χ1n) is 3.24. The lowest BCUT2D eigenvalue weighted by Gasteiger charge is -2.08. The first-order valence-corrected chi connectivity index (χ1v) is 3.61. The third kappa shape index (κ3) is 1.85. The number of ether oxygens (including phenoxy) is 1. The maximum Gasteiger partial charge on any atom is 0.269 e. The molecule has 2 nitrogen and oxygen atoms in total. The fraction of sp³-hybridized carbons (Fsp3) is 0.286. The van der Waals surface area contributed by atoms with Crippen molar-refractivity contribution >= 4 is 11.6 Å². The minimum absolute atomic E-state index is 0.485. The zero-order valence-electron chi connectivity index (χ0n) is 6.52. The van der Waals surface area contributed by atoms with E-state index >= 15 is 0 Å². The molecule has 1 aromatic rings. The Kier molecular flexibility index (Phi) is 2.98. The number of pyridine rings is 1. The fourth-order valence-corrected chi connectivity index (χ4v) is 0.959. The van der Waals surface area contributed by atoms with Crippen molar-refractivity contribution < 1.29 is 17.9 Å². The quantitative estimate of drug-likeness (QED) is 0.702. The Hall–Kier alpha value is -0.970. The van der Waals surface area contributed by atoms with Crippen LogP contribution in [0.1, 0.15) is 12.0 Å². The zero-order valence-corrected chi connectivity index (χ0v) is 7.28. The van der Waals surface area contributed by atoms with Crippen molar-refractivity contribution in [2.24, 2.45) is 0 Å². The Morgan fingerprint density at radius 2 is 2.15 bits per heavy atom. The van der Waals surface area contributed by atoms with E-state index in [0.717, 1.165) is 13.3 Å². The topological polar surface area (TPSA) is 22.1 Å². The lowest BCUT2D eigenvalue weighted by atomic mass is 10.2. The van der Waals surface area contributed by atoms with E-state index < -0.39 is 28.7 Å². The predicted octanol–water partition coefficient (Wildman–Crippen LogP) is 2.82. The van der Waals surface area contributed by atoms with Crippen molar-refractivity contribution in [3.05, 3.63) is 22.7 Å². The summed E-state index contributed by atoms with van der Waals surface area (Å²) in [6.45, 7) is 0. The summed E-state index contributed by atoms with van der Waals surface area (Å²) in [6, 6.07) is 0. The molecule has 1 heterocycles. The lowest BCUT2D eigenvalue weighted by Crippen LogP contribution is -1.98. The highest BCUT2D eigenvalue weighted by atomic mass is 35.5. The molecule has 0 aliphatic heterocycles. The number of methoxy groups -OCH3 is 1. The minimum atomic E-state index is -2.84. The number of rotatable bonds is 2. The number of aromatic nitrogens is 1. The summed E-state index contributed by atoms with van der Waals surface area (Å²) in [5.74, 6) is -1.63. The van der Waals surface area contributed by atoms with E-state index in [2.05, 4.69) is 9.72 Å². The molecule has 0 aliphatic carbocycles. The van der Waals surface area contributed by atoms with Gasteiger partial charge in [0.1, 0.15) is 0 Å². The number of alkyl halides is 2. The van der Waals surface area contributed by atoms with Crippen LogP contribution in [0.5, 0.6) is 5.75 Å². The van der Waals surface area contributed by atoms with Gasteiger partial charge in [0.05, 0.1) is 12.7 Å². The first kappa shape index (κ1) is 10.1. The van der Waals surface area contributed by atoms with Gasteiger partial charge in [-0.05, 0) is 0 Å². The standard InChI is InChI=1S/C7H5ClF3NO/c1-13-5-3(7(10)11)2-12-6(8)4(5)9/h2,7H,1H3. The largest absolute Gasteiger partial charge is 0.493 e. The van der Waals surface area contributed by atoms with Crippen LogP contribution in [0.15, 0.2) is 6.20 Å². The smallest absolute Gasteiger partial charge is 0.269 e. The molecule has 0 saturated carbocycles. The summed E-state index contributed by atoms with van der Waals surface area (Å²) >= 11 is 5.26. The van der Waals surface area contributed by atoms with Gasteiger partial charge in [0.2, 0.25) is 5.82 Å². The highest BCUT2D eigenvalue weighted by Gasteiger charge is 2.20. The van der Waals surface area contributed by atoms with Gasteiger partial charge < -0.3 is 4.74 Å². The van der Waals surface area contributed by atoms with Crippen LogP contribution in [0.4, 0.5) is 13.2 Å². The van der Waals surface area contributed by atoms with Gasteiger partial charge in [-0.15, -0.1) is 0 Å². The molecule has 0 N–H and O–H groups in total. The number of hydrogen-bond acceptors (Lipinski definition) is 2. The van der Waals surface area contributed by atoms with Crippen LogP contribution in [0.2, 0.25) is 5.15 Å². The first-order chi connectivity index (χ1) is 6.07. The van der Waals surface area contributed by atoms with Gasteiger partial charge >= 0.3 is 0 Å². The molecule has 6 heteroatoms. The second-order valence-electron chi connectivity index (χ2n) is 2.15. The van der Waals surface area contributed by atoms with Crippen molar-refractivity contribution in [3.8, 4) is 5.75 Å². The summed E-state index contributed by atoms with van der Waals surface area (Å²) in [5, 5.41) is -0.485. The normalized spacial score (nSPS) is 10.6. The monoisotopic (exact) mass is 211 g/mol. The zero-order chi connectivity index (χ0) is 10.0. The Labute approximate surface area is 77.3 Å². The molecular formula is C7H5ClF3NO. The molecule has 0 atom stereocenters. The van der Waals surface area contributed by atoms with Gasteiger partial charge in [0.25, 0.3) is 6.43 Å². The molecule has 0 fully saturated rings. The maximum atomic E-state index is 13.0. The van der Waals surface area contributed by atoms with Crippen molar-refractivity contribution in [2.75, 3.05) is 7.11 Å². The highest BCUT2D eigenvalue weighted by molar-refractivity contribution is 6.29. The molecule has 0 radical (unpaired) electrons. The van der Waals surface area contributed by atoms with Gasteiger partial charge in [-0.2, -0.15) is 4.39 Å². The van der Waals surface area contributed by atoms with Crippen molar-refractivity contribution in [1.29, 1.82) is 0 Å². The van der Waals surface area contributed by atoms with E-state index in [9.17, 15) is 13.2 Å². The second kappa shape index (κ2) is 3.83. The number of hydrogen-bond donors (Lipinski definition) is 0. The summed E-state index contributed by atoms with van der Waals surface area (Å²) in [6.07, 6.45) is -2.05. The highest BCUT2D eigenvalue weighted by Crippen LogP contribution is 2.32. The summed E-state index contributed by atoms with van der Waals surface area (Å²) < 4.78 is 41.8. The average molecular weight is 212 g/mol. The van der Waals surface area contributed by atoms with E-state index in [1.165, 1.54) is 0 Å². The molecule has 1 aromatic heterocycles. The second-order valence-corrected chi connectivity index (χ2v) is 2.51. The SMILES string of the molecule is COc1c(C(F)F)cnc(Cl)c1F.